The lowest BCUT2D eigenvalue weighted by molar-refractivity contribution is 0.133. The Labute approximate surface area is 69.3 Å². The Bertz CT molecular complexity index is 127. The lowest BCUT2D eigenvalue weighted by Crippen LogP contribution is -2.46. The molecule has 0 aromatic rings. The highest BCUT2D eigenvalue weighted by atomic mass is 16.5. The van der Waals surface area contributed by atoms with Gasteiger partial charge >= 0.3 is 0 Å². The predicted octanol–water partition coefficient (Wildman–Crippen LogP) is 1.55. The first-order valence-corrected chi connectivity index (χ1v) is 4.52. The Morgan fingerprint density at radius 1 is 1.64 bits per heavy atom. The van der Waals surface area contributed by atoms with Gasteiger partial charge < -0.3 is 10.1 Å². The monoisotopic (exact) mass is 157 g/mol. The highest BCUT2D eigenvalue weighted by molar-refractivity contribution is 4.85. The minimum Gasteiger partial charge on any atom is -0.380 e. The molecule has 1 aliphatic rings. The summed E-state index contributed by atoms with van der Waals surface area (Å²) in [6, 6.07) is 0.502. The van der Waals surface area contributed by atoms with Gasteiger partial charge in [0, 0.05) is 18.2 Å². The summed E-state index contributed by atoms with van der Waals surface area (Å²) in [5.41, 5.74) is 0.302. The molecule has 2 nitrogen and oxygen atoms in total. The molecule has 1 heterocycles. The summed E-state index contributed by atoms with van der Waals surface area (Å²) in [6.07, 6.45) is 2.31. The second-order valence-corrected chi connectivity index (χ2v) is 3.78. The number of ether oxygens (including phenoxy) is 1. The molecule has 0 aliphatic carbocycles. The average molecular weight is 157 g/mol. The van der Waals surface area contributed by atoms with E-state index in [-0.39, 0.29) is 0 Å². The maximum absolute atomic E-state index is 5.44. The van der Waals surface area contributed by atoms with E-state index < -0.39 is 0 Å². The highest BCUT2D eigenvalue weighted by Gasteiger charge is 2.25. The summed E-state index contributed by atoms with van der Waals surface area (Å²) in [5.74, 6) is 0. The second kappa shape index (κ2) is 3.55. The van der Waals surface area contributed by atoms with Gasteiger partial charge in [-0.05, 0) is 26.7 Å². The van der Waals surface area contributed by atoms with Gasteiger partial charge in [0.25, 0.3) is 0 Å². The molecule has 1 rings (SSSR count). The largest absolute Gasteiger partial charge is 0.380 e. The zero-order valence-electron chi connectivity index (χ0n) is 7.81. The molecular formula is C9H19NO. The quantitative estimate of drug-likeness (QED) is 0.623. The molecule has 1 fully saturated rings. The molecule has 0 aromatic heterocycles. The van der Waals surface area contributed by atoms with E-state index in [1.54, 1.807) is 0 Å². The van der Waals surface area contributed by atoms with Crippen molar-refractivity contribution in [2.24, 2.45) is 0 Å². The normalized spacial score (nSPS) is 40.1. The molecule has 2 atom stereocenters. The lowest BCUT2D eigenvalue weighted by Gasteiger charge is -2.29. The number of hydrogen-bond donors (Lipinski definition) is 1. The fourth-order valence-corrected chi connectivity index (χ4v) is 1.55. The molecule has 2 heteroatoms. The van der Waals surface area contributed by atoms with Crippen LogP contribution < -0.4 is 5.32 Å². The molecule has 1 saturated heterocycles. The van der Waals surface area contributed by atoms with Crippen LogP contribution >= 0.6 is 0 Å². The number of hydrogen-bond acceptors (Lipinski definition) is 2. The first kappa shape index (κ1) is 9.01. The summed E-state index contributed by atoms with van der Waals surface area (Å²) in [4.78, 5) is 0. The van der Waals surface area contributed by atoms with E-state index >= 15 is 0 Å². The molecule has 0 bridgehead atoms. The van der Waals surface area contributed by atoms with Crippen molar-refractivity contribution >= 4 is 0 Å². The van der Waals surface area contributed by atoms with Gasteiger partial charge in [0.15, 0.2) is 0 Å². The predicted molar refractivity (Wildman–Crippen MR) is 46.7 cm³/mol. The lowest BCUT2D eigenvalue weighted by atomic mass is 9.94. The molecule has 66 valence electrons. The van der Waals surface area contributed by atoms with Crippen LogP contribution in [0, 0.1) is 0 Å². The summed E-state index contributed by atoms with van der Waals surface area (Å²) in [7, 11) is 0. The van der Waals surface area contributed by atoms with Crippen molar-refractivity contribution in [2.45, 2.75) is 45.2 Å². The zero-order valence-corrected chi connectivity index (χ0v) is 7.81. The third-order valence-electron chi connectivity index (χ3n) is 2.54. The van der Waals surface area contributed by atoms with Crippen LogP contribution in [0.5, 0.6) is 0 Å². The van der Waals surface area contributed by atoms with E-state index in [0.717, 1.165) is 19.6 Å². The van der Waals surface area contributed by atoms with Crippen molar-refractivity contribution in [2.75, 3.05) is 13.2 Å². The molecule has 11 heavy (non-hydrogen) atoms. The number of nitrogens with one attached hydrogen (secondary N) is 1. The zero-order chi connectivity index (χ0) is 8.32. The van der Waals surface area contributed by atoms with Crippen molar-refractivity contribution < 1.29 is 4.74 Å². The van der Waals surface area contributed by atoms with Crippen LogP contribution in [-0.4, -0.2) is 24.8 Å². The Kier molecular flexibility index (Phi) is 2.90. The molecule has 1 aliphatic heterocycles. The van der Waals surface area contributed by atoms with Crippen LogP contribution in [0.15, 0.2) is 0 Å². The van der Waals surface area contributed by atoms with Crippen molar-refractivity contribution in [3.63, 3.8) is 0 Å². The Morgan fingerprint density at radius 3 is 3.00 bits per heavy atom. The maximum atomic E-state index is 5.44. The summed E-state index contributed by atoms with van der Waals surface area (Å²) < 4.78 is 5.44. The van der Waals surface area contributed by atoms with Crippen molar-refractivity contribution in [1.82, 2.24) is 5.32 Å². The van der Waals surface area contributed by atoms with Gasteiger partial charge in [-0.3, -0.25) is 0 Å². The fourth-order valence-electron chi connectivity index (χ4n) is 1.55. The van der Waals surface area contributed by atoms with Crippen molar-refractivity contribution in [3.8, 4) is 0 Å². The minimum absolute atomic E-state index is 0.302. The van der Waals surface area contributed by atoms with Gasteiger partial charge in [0.2, 0.25) is 0 Å². The molecule has 0 radical (unpaired) electrons. The number of rotatable bonds is 1. The third-order valence-corrected chi connectivity index (χ3v) is 2.54. The van der Waals surface area contributed by atoms with E-state index in [0.29, 0.717) is 11.6 Å². The second-order valence-electron chi connectivity index (χ2n) is 3.78. The van der Waals surface area contributed by atoms with E-state index in [4.69, 9.17) is 4.74 Å². The third kappa shape index (κ3) is 2.46. The van der Waals surface area contributed by atoms with Crippen molar-refractivity contribution in [1.29, 1.82) is 0 Å². The summed E-state index contributed by atoms with van der Waals surface area (Å²) in [5, 5.41) is 3.58. The van der Waals surface area contributed by atoms with Crippen LogP contribution in [0.4, 0.5) is 0 Å². The summed E-state index contributed by atoms with van der Waals surface area (Å²) >= 11 is 0. The van der Waals surface area contributed by atoms with E-state index in [9.17, 15) is 0 Å². The summed E-state index contributed by atoms with van der Waals surface area (Å²) in [6.45, 7) is 8.44. The standard InChI is InChI=1S/C9H19NO/c1-4-9(3)5-6-11-7-8(2)10-9/h8,10H,4-7H2,1-3H3. The fraction of sp³-hybridized carbons (Fsp3) is 1.00. The maximum Gasteiger partial charge on any atom is 0.0617 e. The average Bonchev–Trinajstić information content (AvgIpc) is 2.13. The van der Waals surface area contributed by atoms with Gasteiger partial charge in [-0.25, -0.2) is 0 Å². The van der Waals surface area contributed by atoms with Crippen molar-refractivity contribution in [3.05, 3.63) is 0 Å². The molecule has 0 amide bonds. The van der Waals surface area contributed by atoms with Crippen LogP contribution in [0.2, 0.25) is 0 Å². The smallest absolute Gasteiger partial charge is 0.0617 e. The Hall–Kier alpha value is -0.0800. The molecule has 1 N–H and O–H groups in total. The van der Waals surface area contributed by atoms with Crippen LogP contribution in [0.3, 0.4) is 0 Å². The van der Waals surface area contributed by atoms with Gasteiger partial charge in [-0.1, -0.05) is 6.92 Å². The topological polar surface area (TPSA) is 21.3 Å². The minimum atomic E-state index is 0.302. The first-order valence-electron chi connectivity index (χ1n) is 4.52. The molecule has 0 aromatic carbocycles. The van der Waals surface area contributed by atoms with Crippen LogP contribution in [0.25, 0.3) is 0 Å². The highest BCUT2D eigenvalue weighted by Crippen LogP contribution is 2.17. The van der Waals surface area contributed by atoms with Crippen LogP contribution in [-0.2, 0) is 4.74 Å². The Morgan fingerprint density at radius 2 is 2.36 bits per heavy atom. The van der Waals surface area contributed by atoms with Gasteiger partial charge in [-0.2, -0.15) is 0 Å². The van der Waals surface area contributed by atoms with E-state index in [1.165, 1.54) is 6.42 Å². The molecule has 0 saturated carbocycles. The van der Waals surface area contributed by atoms with Gasteiger partial charge in [0.05, 0.1) is 6.61 Å². The van der Waals surface area contributed by atoms with E-state index in [1.807, 2.05) is 0 Å². The van der Waals surface area contributed by atoms with Crippen LogP contribution in [0.1, 0.15) is 33.6 Å². The molecule has 0 spiro atoms. The van der Waals surface area contributed by atoms with Gasteiger partial charge in [-0.15, -0.1) is 0 Å². The Balaban J connectivity index is 2.51. The van der Waals surface area contributed by atoms with Gasteiger partial charge in [0.1, 0.15) is 0 Å². The molecule has 2 unspecified atom stereocenters. The van der Waals surface area contributed by atoms with E-state index in [2.05, 4.69) is 26.1 Å². The first-order chi connectivity index (χ1) is 5.16. The molecular weight excluding hydrogens is 138 g/mol. The SMILES string of the molecule is CCC1(C)CCOCC(C)N1.